The van der Waals surface area contributed by atoms with Crippen LogP contribution in [0, 0.1) is 0 Å². The summed E-state index contributed by atoms with van der Waals surface area (Å²) in [4.78, 5) is 26.5. The average molecular weight is 456 g/mol. The third-order valence-corrected chi connectivity index (χ3v) is 5.98. The SMILES string of the molecule is CCCCn1c(=O)c2c(c(-c3cccc(Cl)c3)cn2Cc2ccc(Cl)cc2)n(C)c1=O. The molecule has 0 spiro atoms. The molecule has 0 N–H and O–H groups in total. The van der Waals surface area contributed by atoms with E-state index in [2.05, 4.69) is 0 Å². The van der Waals surface area contributed by atoms with Crippen molar-refractivity contribution in [3.8, 4) is 11.1 Å². The third-order valence-electron chi connectivity index (χ3n) is 5.49. The molecular weight excluding hydrogens is 433 g/mol. The number of hydrogen-bond acceptors (Lipinski definition) is 2. The van der Waals surface area contributed by atoms with Gasteiger partial charge in [0, 0.05) is 41.9 Å². The fourth-order valence-electron chi connectivity index (χ4n) is 3.89. The van der Waals surface area contributed by atoms with E-state index in [1.54, 1.807) is 17.7 Å². The summed E-state index contributed by atoms with van der Waals surface area (Å²) in [6.45, 7) is 2.92. The van der Waals surface area contributed by atoms with Crippen molar-refractivity contribution >= 4 is 34.2 Å². The first kappa shape index (κ1) is 21.5. The quantitative estimate of drug-likeness (QED) is 0.394. The molecule has 2 heterocycles. The number of nitrogens with zero attached hydrogens (tertiary/aromatic N) is 3. The fraction of sp³-hybridized carbons (Fsp3) is 0.250. The van der Waals surface area contributed by atoms with Crippen LogP contribution in [0.1, 0.15) is 25.3 Å². The van der Waals surface area contributed by atoms with Crippen molar-refractivity contribution in [2.24, 2.45) is 7.05 Å². The second-order valence-electron chi connectivity index (χ2n) is 7.66. The number of rotatable bonds is 6. The van der Waals surface area contributed by atoms with Gasteiger partial charge in [-0.15, -0.1) is 0 Å². The van der Waals surface area contributed by atoms with Crippen LogP contribution in [0.3, 0.4) is 0 Å². The maximum atomic E-state index is 13.5. The van der Waals surface area contributed by atoms with Gasteiger partial charge in [-0.25, -0.2) is 4.79 Å². The molecule has 0 saturated carbocycles. The number of benzene rings is 2. The minimum absolute atomic E-state index is 0.270. The molecule has 4 rings (SSSR count). The molecule has 5 nitrogen and oxygen atoms in total. The molecule has 0 atom stereocenters. The number of aryl methyl sites for hydroxylation is 1. The molecule has 31 heavy (non-hydrogen) atoms. The molecule has 2 aromatic carbocycles. The molecule has 2 aromatic heterocycles. The summed E-state index contributed by atoms with van der Waals surface area (Å²) in [6.07, 6.45) is 3.59. The first-order valence-corrected chi connectivity index (χ1v) is 11.0. The highest BCUT2D eigenvalue weighted by molar-refractivity contribution is 6.31. The number of aromatic nitrogens is 3. The van der Waals surface area contributed by atoms with Gasteiger partial charge in [0.1, 0.15) is 5.52 Å². The van der Waals surface area contributed by atoms with Crippen LogP contribution in [0.2, 0.25) is 10.0 Å². The zero-order valence-corrected chi connectivity index (χ0v) is 19.0. The van der Waals surface area contributed by atoms with E-state index in [0.717, 1.165) is 29.5 Å². The normalized spacial score (nSPS) is 11.4. The maximum Gasteiger partial charge on any atom is 0.331 e. The van der Waals surface area contributed by atoms with Crippen molar-refractivity contribution in [1.29, 1.82) is 0 Å². The molecule has 0 aliphatic rings. The van der Waals surface area contributed by atoms with E-state index in [9.17, 15) is 9.59 Å². The fourth-order valence-corrected chi connectivity index (χ4v) is 4.21. The van der Waals surface area contributed by atoms with Crippen LogP contribution in [0.5, 0.6) is 0 Å². The van der Waals surface area contributed by atoms with Crippen LogP contribution in [-0.4, -0.2) is 13.7 Å². The van der Waals surface area contributed by atoms with Gasteiger partial charge >= 0.3 is 5.69 Å². The first-order chi connectivity index (χ1) is 14.9. The highest BCUT2D eigenvalue weighted by atomic mass is 35.5. The predicted octanol–water partition coefficient (Wildman–Crippen LogP) is 5.32. The Morgan fingerprint density at radius 3 is 2.35 bits per heavy atom. The molecule has 0 unspecified atom stereocenters. The second-order valence-corrected chi connectivity index (χ2v) is 8.53. The highest BCUT2D eigenvalue weighted by Gasteiger charge is 2.20. The van der Waals surface area contributed by atoms with Gasteiger partial charge in [-0.3, -0.25) is 13.9 Å². The van der Waals surface area contributed by atoms with Crippen LogP contribution < -0.4 is 11.2 Å². The van der Waals surface area contributed by atoms with Crippen LogP contribution in [0.15, 0.2) is 64.3 Å². The molecule has 0 amide bonds. The monoisotopic (exact) mass is 455 g/mol. The molecule has 0 aliphatic heterocycles. The highest BCUT2D eigenvalue weighted by Crippen LogP contribution is 2.30. The van der Waals surface area contributed by atoms with E-state index in [-0.39, 0.29) is 11.2 Å². The third kappa shape index (κ3) is 4.08. The molecule has 0 aliphatic carbocycles. The molecule has 160 valence electrons. The molecule has 0 fully saturated rings. The van der Waals surface area contributed by atoms with Crippen molar-refractivity contribution in [2.45, 2.75) is 32.9 Å². The largest absolute Gasteiger partial charge is 0.337 e. The summed E-state index contributed by atoms with van der Waals surface area (Å²) in [5, 5.41) is 1.25. The Morgan fingerprint density at radius 2 is 1.68 bits per heavy atom. The van der Waals surface area contributed by atoms with Gasteiger partial charge in [-0.1, -0.05) is 60.8 Å². The van der Waals surface area contributed by atoms with E-state index in [1.165, 1.54) is 4.57 Å². The lowest BCUT2D eigenvalue weighted by Gasteiger charge is -2.11. The van der Waals surface area contributed by atoms with Gasteiger partial charge in [0.2, 0.25) is 0 Å². The predicted molar refractivity (Wildman–Crippen MR) is 127 cm³/mol. The lowest BCUT2D eigenvalue weighted by Crippen LogP contribution is -2.39. The van der Waals surface area contributed by atoms with Crippen molar-refractivity contribution in [3.63, 3.8) is 0 Å². The summed E-state index contributed by atoms with van der Waals surface area (Å²) >= 11 is 12.3. The lowest BCUT2D eigenvalue weighted by molar-refractivity contribution is 0.565. The van der Waals surface area contributed by atoms with Gasteiger partial charge in [-0.2, -0.15) is 0 Å². The molecule has 0 saturated heterocycles. The Morgan fingerprint density at radius 1 is 0.935 bits per heavy atom. The molecule has 7 heteroatoms. The van der Waals surface area contributed by atoms with Crippen molar-refractivity contribution in [1.82, 2.24) is 13.7 Å². The summed E-state index contributed by atoms with van der Waals surface area (Å²) in [7, 11) is 1.72. The zero-order chi connectivity index (χ0) is 22.1. The number of unbranched alkanes of at least 4 members (excludes halogenated alkanes) is 1. The molecule has 0 radical (unpaired) electrons. The summed E-state index contributed by atoms with van der Waals surface area (Å²) in [6, 6.07) is 15.0. The number of fused-ring (bicyclic) bond motifs is 1. The maximum absolute atomic E-state index is 13.5. The van der Waals surface area contributed by atoms with Crippen LogP contribution in [0.4, 0.5) is 0 Å². The van der Waals surface area contributed by atoms with E-state index in [4.69, 9.17) is 23.2 Å². The second kappa shape index (κ2) is 8.77. The summed E-state index contributed by atoms with van der Waals surface area (Å²) in [5.41, 5.74) is 3.19. The van der Waals surface area contributed by atoms with Crippen LogP contribution >= 0.6 is 23.2 Å². The minimum Gasteiger partial charge on any atom is -0.337 e. The van der Waals surface area contributed by atoms with Crippen molar-refractivity contribution in [3.05, 3.63) is 91.2 Å². The lowest BCUT2D eigenvalue weighted by atomic mass is 10.1. The Labute approximate surface area is 190 Å². The number of halogens is 2. The topological polar surface area (TPSA) is 48.9 Å². The Bertz CT molecular complexity index is 1360. The van der Waals surface area contributed by atoms with Crippen LogP contribution in [-0.2, 0) is 20.1 Å². The van der Waals surface area contributed by atoms with E-state index < -0.39 is 0 Å². The van der Waals surface area contributed by atoms with Crippen LogP contribution in [0.25, 0.3) is 22.2 Å². The number of hydrogen-bond donors (Lipinski definition) is 0. The van der Waals surface area contributed by atoms with E-state index >= 15 is 0 Å². The van der Waals surface area contributed by atoms with Gasteiger partial charge in [0.25, 0.3) is 5.56 Å². The standard InChI is InChI=1S/C24H23Cl2N3O2/c1-3-4-12-29-23(30)22-21(27(2)24(29)31)20(17-6-5-7-19(26)13-17)15-28(22)14-16-8-10-18(25)11-9-16/h5-11,13,15H,3-4,12,14H2,1-2H3. The van der Waals surface area contributed by atoms with Gasteiger partial charge < -0.3 is 4.57 Å². The van der Waals surface area contributed by atoms with E-state index in [0.29, 0.717) is 34.2 Å². The summed E-state index contributed by atoms with van der Waals surface area (Å²) < 4.78 is 4.83. The van der Waals surface area contributed by atoms with Gasteiger partial charge in [-0.05, 0) is 41.8 Å². The molecular formula is C24H23Cl2N3O2. The molecule has 0 bridgehead atoms. The smallest absolute Gasteiger partial charge is 0.331 e. The molecule has 4 aromatic rings. The zero-order valence-electron chi connectivity index (χ0n) is 17.4. The Kier molecular flexibility index (Phi) is 6.08. The van der Waals surface area contributed by atoms with Crippen molar-refractivity contribution in [2.75, 3.05) is 0 Å². The Balaban J connectivity index is 2.01. The minimum atomic E-state index is -0.307. The van der Waals surface area contributed by atoms with Gasteiger partial charge in [0.05, 0.1) is 5.52 Å². The van der Waals surface area contributed by atoms with Crippen molar-refractivity contribution < 1.29 is 0 Å². The first-order valence-electron chi connectivity index (χ1n) is 10.2. The Hall–Kier alpha value is -2.76. The van der Waals surface area contributed by atoms with Gasteiger partial charge in [0.15, 0.2) is 0 Å². The van der Waals surface area contributed by atoms with E-state index in [1.807, 2.05) is 60.2 Å². The summed E-state index contributed by atoms with van der Waals surface area (Å²) in [5.74, 6) is 0. The average Bonchev–Trinajstić information content (AvgIpc) is 3.13.